The summed E-state index contributed by atoms with van der Waals surface area (Å²) in [5, 5.41) is 3.30. The van der Waals surface area contributed by atoms with E-state index in [-0.39, 0.29) is 35.3 Å². The van der Waals surface area contributed by atoms with Gasteiger partial charge in [-0.05, 0) is 43.5 Å². The van der Waals surface area contributed by atoms with Crippen molar-refractivity contribution in [3.63, 3.8) is 0 Å². The van der Waals surface area contributed by atoms with Crippen molar-refractivity contribution < 1.29 is 13.6 Å². The number of carbonyl (C=O) groups is 1. The van der Waals surface area contributed by atoms with Crippen molar-refractivity contribution in [3.05, 3.63) is 69.6 Å². The topological polar surface area (TPSA) is 64.2 Å². The maximum Gasteiger partial charge on any atom is 0.262 e. The van der Waals surface area contributed by atoms with Crippen molar-refractivity contribution in [3.8, 4) is 0 Å². The number of amides is 1. The van der Waals surface area contributed by atoms with Crippen LogP contribution in [0.4, 0.5) is 4.39 Å². The number of hydrogen-bond donors (Lipinski definition) is 1. The van der Waals surface area contributed by atoms with Gasteiger partial charge in [-0.25, -0.2) is 4.39 Å². The highest BCUT2D eigenvalue weighted by Gasteiger charge is 2.25. The van der Waals surface area contributed by atoms with E-state index >= 15 is 0 Å². The van der Waals surface area contributed by atoms with E-state index in [2.05, 4.69) is 5.32 Å². The van der Waals surface area contributed by atoms with Gasteiger partial charge in [0.05, 0.1) is 17.5 Å². The minimum Gasteiger partial charge on any atom is -0.460 e. The Balaban J connectivity index is 1.73. The first-order valence-corrected chi connectivity index (χ1v) is 9.21. The van der Waals surface area contributed by atoms with Gasteiger partial charge >= 0.3 is 0 Å². The van der Waals surface area contributed by atoms with Crippen LogP contribution in [0.25, 0.3) is 11.0 Å². The Kier molecular flexibility index (Phi) is 4.56. The van der Waals surface area contributed by atoms with Crippen LogP contribution in [0.5, 0.6) is 0 Å². The number of carbonyl (C=O) groups excluding carboxylic acids is 1. The van der Waals surface area contributed by atoms with Crippen LogP contribution in [0.1, 0.15) is 47.4 Å². The maximum absolute atomic E-state index is 13.4. The molecule has 27 heavy (non-hydrogen) atoms. The molecule has 1 aliphatic carbocycles. The lowest BCUT2D eigenvalue weighted by Crippen LogP contribution is -2.33. The number of nitrogens with zero attached hydrogens (tertiary/aromatic N) is 1. The molecule has 0 atom stereocenters. The van der Waals surface area contributed by atoms with Crippen molar-refractivity contribution in [2.45, 2.75) is 45.2 Å². The number of fused-ring (bicyclic) bond motifs is 1. The van der Waals surface area contributed by atoms with E-state index in [1.54, 1.807) is 31.3 Å². The normalized spacial score (nSPS) is 14.7. The summed E-state index contributed by atoms with van der Waals surface area (Å²) in [7, 11) is 0. The predicted octanol–water partition coefficient (Wildman–Crippen LogP) is 3.76. The fraction of sp³-hybridized carbons (Fsp3) is 0.333. The van der Waals surface area contributed by atoms with Gasteiger partial charge in [0, 0.05) is 12.2 Å². The fourth-order valence-electron chi connectivity index (χ4n) is 3.82. The fourth-order valence-corrected chi connectivity index (χ4v) is 3.82. The molecule has 1 aromatic carbocycles. The minimum atomic E-state index is -0.350. The lowest BCUT2D eigenvalue weighted by atomic mass is 10.1. The first-order valence-electron chi connectivity index (χ1n) is 9.21. The lowest BCUT2D eigenvalue weighted by Gasteiger charge is -2.11. The van der Waals surface area contributed by atoms with Gasteiger partial charge in [0.25, 0.3) is 11.5 Å². The quantitative estimate of drug-likeness (QED) is 0.763. The van der Waals surface area contributed by atoms with E-state index in [1.807, 2.05) is 0 Å². The van der Waals surface area contributed by atoms with E-state index < -0.39 is 0 Å². The van der Waals surface area contributed by atoms with E-state index in [1.165, 1.54) is 16.7 Å². The van der Waals surface area contributed by atoms with Crippen LogP contribution in [0, 0.1) is 12.7 Å². The second kappa shape index (κ2) is 7.02. The average molecular weight is 368 g/mol. The number of aromatic nitrogens is 1. The van der Waals surface area contributed by atoms with Crippen LogP contribution in [-0.2, 0) is 6.54 Å². The summed E-state index contributed by atoms with van der Waals surface area (Å²) >= 11 is 0. The zero-order valence-corrected chi connectivity index (χ0v) is 15.1. The largest absolute Gasteiger partial charge is 0.460 e. The Labute approximate surface area is 155 Å². The highest BCUT2D eigenvalue weighted by molar-refractivity contribution is 6.07. The first-order chi connectivity index (χ1) is 13.0. The van der Waals surface area contributed by atoms with Crippen molar-refractivity contribution in [1.82, 2.24) is 9.88 Å². The van der Waals surface area contributed by atoms with Crippen LogP contribution in [0.2, 0.25) is 0 Å². The maximum atomic E-state index is 13.4. The summed E-state index contributed by atoms with van der Waals surface area (Å²) in [6.45, 7) is 1.92. The molecule has 0 bridgehead atoms. The number of benzene rings is 1. The third-order valence-electron chi connectivity index (χ3n) is 5.15. The van der Waals surface area contributed by atoms with Crippen molar-refractivity contribution in [2.75, 3.05) is 0 Å². The number of aryl methyl sites for hydroxylation is 1. The monoisotopic (exact) mass is 368 g/mol. The Morgan fingerprint density at radius 2 is 2.07 bits per heavy atom. The number of furan rings is 1. The van der Waals surface area contributed by atoms with Gasteiger partial charge in [-0.15, -0.1) is 0 Å². The molecule has 1 amide bonds. The van der Waals surface area contributed by atoms with E-state index in [4.69, 9.17) is 4.42 Å². The molecule has 1 N–H and O–H groups in total. The van der Waals surface area contributed by atoms with Crippen molar-refractivity contribution in [2.24, 2.45) is 0 Å². The summed E-state index contributed by atoms with van der Waals surface area (Å²) in [6.07, 6.45) is 5.75. The Morgan fingerprint density at radius 3 is 2.81 bits per heavy atom. The average Bonchev–Trinajstić information content (AvgIpc) is 3.24. The molecular weight excluding hydrogens is 347 g/mol. The number of nitrogens with one attached hydrogen (secondary N) is 1. The van der Waals surface area contributed by atoms with Crippen LogP contribution < -0.4 is 10.9 Å². The predicted molar refractivity (Wildman–Crippen MR) is 100 cm³/mol. The minimum absolute atomic E-state index is 0.153. The third kappa shape index (κ3) is 3.39. The van der Waals surface area contributed by atoms with Gasteiger partial charge in [0.15, 0.2) is 0 Å². The smallest absolute Gasteiger partial charge is 0.262 e. The van der Waals surface area contributed by atoms with Crippen molar-refractivity contribution in [1.29, 1.82) is 0 Å². The number of halogens is 1. The SMILES string of the molecule is Cc1oc2ccn(Cc3cccc(F)c3)c(=O)c2c1C(=O)NC1CCCC1. The third-order valence-corrected chi connectivity index (χ3v) is 5.15. The molecule has 0 saturated heterocycles. The highest BCUT2D eigenvalue weighted by Crippen LogP contribution is 2.24. The van der Waals surface area contributed by atoms with E-state index in [0.29, 0.717) is 22.5 Å². The molecule has 6 heteroatoms. The van der Waals surface area contributed by atoms with Gasteiger partial charge in [0.1, 0.15) is 17.2 Å². The molecule has 4 rings (SSSR count). The van der Waals surface area contributed by atoms with E-state index in [0.717, 1.165) is 25.7 Å². The summed E-state index contributed by atoms with van der Waals surface area (Å²) < 4.78 is 20.6. The molecule has 3 aromatic rings. The summed E-state index contributed by atoms with van der Waals surface area (Å²) in [6, 6.07) is 7.95. The highest BCUT2D eigenvalue weighted by atomic mass is 19.1. The molecule has 0 unspecified atom stereocenters. The van der Waals surface area contributed by atoms with Crippen LogP contribution in [-0.4, -0.2) is 16.5 Å². The molecule has 0 radical (unpaired) electrons. The molecule has 1 aliphatic rings. The lowest BCUT2D eigenvalue weighted by molar-refractivity contribution is 0.0937. The van der Waals surface area contributed by atoms with Crippen LogP contribution in [0.15, 0.2) is 45.7 Å². The van der Waals surface area contributed by atoms with Crippen LogP contribution >= 0.6 is 0 Å². The Bertz CT molecular complexity index is 1060. The standard InChI is InChI=1S/C21H21FN2O3/c1-13-18(20(25)23-16-7-2-3-8-16)19-17(27-13)9-10-24(21(19)26)12-14-5-4-6-15(22)11-14/h4-6,9-11,16H,2-3,7-8,12H2,1H3,(H,23,25). The second-order valence-electron chi connectivity index (χ2n) is 7.11. The molecule has 0 aliphatic heterocycles. The molecule has 1 fully saturated rings. The number of hydrogen-bond acceptors (Lipinski definition) is 3. The summed E-state index contributed by atoms with van der Waals surface area (Å²) in [5.41, 5.74) is 1.05. The van der Waals surface area contributed by atoms with Gasteiger partial charge in [-0.3, -0.25) is 9.59 Å². The molecule has 2 aromatic heterocycles. The Morgan fingerprint density at radius 1 is 1.30 bits per heavy atom. The summed E-state index contributed by atoms with van der Waals surface area (Å²) in [4.78, 5) is 25.8. The summed E-state index contributed by atoms with van der Waals surface area (Å²) in [5.74, 6) is -0.183. The second-order valence-corrected chi connectivity index (χ2v) is 7.11. The molecule has 1 saturated carbocycles. The van der Waals surface area contributed by atoms with Gasteiger partial charge in [0.2, 0.25) is 0 Å². The van der Waals surface area contributed by atoms with Crippen LogP contribution in [0.3, 0.4) is 0 Å². The van der Waals surface area contributed by atoms with Crippen molar-refractivity contribution >= 4 is 16.9 Å². The first kappa shape index (κ1) is 17.5. The molecule has 140 valence electrons. The zero-order valence-electron chi connectivity index (χ0n) is 15.1. The number of rotatable bonds is 4. The molecule has 0 spiro atoms. The molecule has 5 nitrogen and oxygen atoms in total. The molecule has 2 heterocycles. The zero-order chi connectivity index (χ0) is 19.0. The number of pyridine rings is 1. The van der Waals surface area contributed by atoms with Gasteiger partial charge < -0.3 is 14.3 Å². The van der Waals surface area contributed by atoms with Gasteiger partial charge in [-0.2, -0.15) is 0 Å². The molecular formula is C21H21FN2O3. The van der Waals surface area contributed by atoms with Gasteiger partial charge in [-0.1, -0.05) is 25.0 Å². The van der Waals surface area contributed by atoms with E-state index in [9.17, 15) is 14.0 Å². The Hall–Kier alpha value is -2.89.